The van der Waals surface area contributed by atoms with Gasteiger partial charge in [0.05, 0.1) is 12.0 Å². The summed E-state index contributed by atoms with van der Waals surface area (Å²) in [6.07, 6.45) is 3.20. The first kappa shape index (κ1) is 21.5. The van der Waals surface area contributed by atoms with E-state index in [2.05, 4.69) is 15.9 Å². The first-order valence-electron chi connectivity index (χ1n) is 9.18. The van der Waals surface area contributed by atoms with Crippen molar-refractivity contribution in [3.63, 3.8) is 0 Å². The molecule has 0 unspecified atom stereocenters. The van der Waals surface area contributed by atoms with E-state index in [1.165, 1.54) is 10.4 Å². The zero-order valence-corrected chi connectivity index (χ0v) is 18.7. The lowest BCUT2D eigenvalue weighted by Crippen LogP contribution is -2.50. The fourth-order valence-corrected chi connectivity index (χ4v) is 4.91. The van der Waals surface area contributed by atoms with Crippen LogP contribution in [0.3, 0.4) is 0 Å². The fraction of sp³-hybridized carbons (Fsp3) is 0.286. The van der Waals surface area contributed by atoms with Gasteiger partial charge in [-0.05, 0) is 43.3 Å². The molecule has 0 radical (unpaired) electrons. The van der Waals surface area contributed by atoms with Crippen LogP contribution in [0, 0.1) is 6.92 Å². The molecule has 1 heterocycles. The molecule has 0 aliphatic carbocycles. The molecule has 1 aliphatic rings. The van der Waals surface area contributed by atoms with Crippen molar-refractivity contribution < 1.29 is 17.9 Å². The van der Waals surface area contributed by atoms with Crippen LogP contribution in [-0.4, -0.2) is 56.8 Å². The van der Waals surface area contributed by atoms with Crippen molar-refractivity contribution in [1.29, 1.82) is 0 Å². The van der Waals surface area contributed by atoms with Crippen LogP contribution in [0.5, 0.6) is 5.75 Å². The van der Waals surface area contributed by atoms with Gasteiger partial charge < -0.3 is 9.64 Å². The Balaban J connectivity index is 1.64. The lowest BCUT2D eigenvalue weighted by atomic mass is 10.2. The van der Waals surface area contributed by atoms with Crippen molar-refractivity contribution >= 4 is 37.9 Å². The third-order valence-corrected chi connectivity index (χ3v) is 7.21. The monoisotopic (exact) mass is 478 g/mol. The number of halogens is 1. The molecule has 0 saturated carbocycles. The maximum Gasteiger partial charge on any atom is 0.246 e. The molecule has 1 fully saturated rings. The minimum atomic E-state index is -3.54. The van der Waals surface area contributed by atoms with Gasteiger partial charge in [0, 0.05) is 42.3 Å². The van der Waals surface area contributed by atoms with E-state index in [4.69, 9.17) is 4.74 Å². The predicted octanol–water partition coefficient (Wildman–Crippen LogP) is 3.31. The van der Waals surface area contributed by atoms with Gasteiger partial charge in [-0.2, -0.15) is 4.31 Å². The molecular weight excluding hydrogens is 456 g/mol. The van der Waals surface area contributed by atoms with E-state index in [0.29, 0.717) is 18.8 Å². The molecule has 8 heteroatoms. The Morgan fingerprint density at radius 2 is 1.72 bits per heavy atom. The SMILES string of the molecule is COc1ccc(Br)cc1/C=C/C(=O)N1CCN(S(=O)(=O)c2ccc(C)cc2)CC1. The first-order valence-corrected chi connectivity index (χ1v) is 11.4. The number of carbonyl (C=O) groups excluding carboxylic acids is 1. The molecule has 1 aliphatic heterocycles. The summed E-state index contributed by atoms with van der Waals surface area (Å²) in [7, 11) is -1.96. The van der Waals surface area contributed by atoms with E-state index < -0.39 is 10.0 Å². The number of sulfonamides is 1. The highest BCUT2D eigenvalue weighted by atomic mass is 79.9. The lowest BCUT2D eigenvalue weighted by Gasteiger charge is -2.33. The molecule has 0 atom stereocenters. The number of hydrogen-bond donors (Lipinski definition) is 0. The Morgan fingerprint density at radius 1 is 1.07 bits per heavy atom. The van der Waals surface area contributed by atoms with Crippen LogP contribution in [0.15, 0.2) is 57.9 Å². The van der Waals surface area contributed by atoms with Gasteiger partial charge in [0.15, 0.2) is 0 Å². The van der Waals surface area contributed by atoms with Gasteiger partial charge in [-0.25, -0.2) is 8.42 Å². The molecular formula is C21H23BrN2O4S. The Morgan fingerprint density at radius 3 is 2.34 bits per heavy atom. The highest BCUT2D eigenvalue weighted by Gasteiger charge is 2.29. The number of ether oxygens (including phenoxy) is 1. The summed E-state index contributed by atoms with van der Waals surface area (Å²) in [5.74, 6) is 0.519. The molecule has 2 aromatic rings. The van der Waals surface area contributed by atoms with Crippen molar-refractivity contribution in [2.75, 3.05) is 33.3 Å². The Kier molecular flexibility index (Phi) is 6.77. The van der Waals surface area contributed by atoms with Gasteiger partial charge in [-0.1, -0.05) is 33.6 Å². The van der Waals surface area contributed by atoms with Gasteiger partial charge in [0.1, 0.15) is 5.75 Å². The smallest absolute Gasteiger partial charge is 0.246 e. The zero-order chi connectivity index (χ0) is 21.0. The van der Waals surface area contributed by atoms with Crippen LogP contribution in [0.2, 0.25) is 0 Å². The maximum absolute atomic E-state index is 12.8. The summed E-state index contributed by atoms with van der Waals surface area (Å²) in [6.45, 7) is 3.16. The van der Waals surface area contributed by atoms with Gasteiger partial charge >= 0.3 is 0 Å². The molecule has 3 rings (SSSR count). The van der Waals surface area contributed by atoms with Crippen LogP contribution in [0.25, 0.3) is 6.08 Å². The molecule has 1 amide bonds. The number of rotatable bonds is 5. The summed E-state index contributed by atoms with van der Waals surface area (Å²) in [4.78, 5) is 14.5. The first-order chi connectivity index (χ1) is 13.8. The highest BCUT2D eigenvalue weighted by Crippen LogP contribution is 2.24. The topological polar surface area (TPSA) is 66.9 Å². The molecule has 1 saturated heterocycles. The summed E-state index contributed by atoms with van der Waals surface area (Å²) in [5.41, 5.74) is 1.80. The number of piperazine rings is 1. The molecule has 2 aromatic carbocycles. The van der Waals surface area contributed by atoms with Crippen molar-refractivity contribution in [1.82, 2.24) is 9.21 Å². The van der Waals surface area contributed by atoms with Crippen molar-refractivity contribution in [3.8, 4) is 5.75 Å². The number of amides is 1. The summed E-state index contributed by atoms with van der Waals surface area (Å²) in [5, 5.41) is 0. The zero-order valence-electron chi connectivity index (χ0n) is 16.3. The number of nitrogens with zero attached hydrogens (tertiary/aromatic N) is 2. The fourth-order valence-electron chi connectivity index (χ4n) is 3.11. The number of benzene rings is 2. The van der Waals surface area contributed by atoms with Gasteiger partial charge in [-0.3, -0.25) is 4.79 Å². The van der Waals surface area contributed by atoms with Crippen molar-refractivity contribution in [2.45, 2.75) is 11.8 Å². The van der Waals surface area contributed by atoms with E-state index in [1.807, 2.05) is 25.1 Å². The molecule has 29 heavy (non-hydrogen) atoms. The summed E-state index contributed by atoms with van der Waals surface area (Å²) < 4.78 is 33.2. The molecule has 154 valence electrons. The van der Waals surface area contributed by atoms with Crippen molar-refractivity contribution in [2.24, 2.45) is 0 Å². The highest BCUT2D eigenvalue weighted by molar-refractivity contribution is 9.10. The third-order valence-electron chi connectivity index (χ3n) is 4.81. The third kappa shape index (κ3) is 5.07. The minimum absolute atomic E-state index is 0.153. The number of carbonyl (C=O) groups is 1. The minimum Gasteiger partial charge on any atom is -0.496 e. The Labute approximate surface area is 180 Å². The predicted molar refractivity (Wildman–Crippen MR) is 116 cm³/mol. The van der Waals surface area contributed by atoms with Gasteiger partial charge in [0.2, 0.25) is 15.9 Å². The van der Waals surface area contributed by atoms with Crippen LogP contribution in [-0.2, 0) is 14.8 Å². The van der Waals surface area contributed by atoms with E-state index in [1.54, 1.807) is 42.4 Å². The summed E-state index contributed by atoms with van der Waals surface area (Å²) in [6, 6.07) is 12.4. The molecule has 6 nitrogen and oxygen atoms in total. The largest absolute Gasteiger partial charge is 0.496 e. The molecule has 0 aromatic heterocycles. The average molecular weight is 479 g/mol. The van der Waals surface area contributed by atoms with Crippen LogP contribution < -0.4 is 4.74 Å². The van der Waals surface area contributed by atoms with E-state index >= 15 is 0 Å². The van der Waals surface area contributed by atoms with E-state index in [-0.39, 0.29) is 23.9 Å². The molecule has 0 N–H and O–H groups in total. The van der Waals surface area contributed by atoms with Crippen LogP contribution >= 0.6 is 15.9 Å². The van der Waals surface area contributed by atoms with Gasteiger partial charge in [-0.15, -0.1) is 0 Å². The second kappa shape index (κ2) is 9.11. The van der Waals surface area contributed by atoms with Gasteiger partial charge in [0.25, 0.3) is 0 Å². The molecule has 0 spiro atoms. The maximum atomic E-state index is 12.8. The second-order valence-corrected chi connectivity index (χ2v) is 9.62. The molecule has 0 bridgehead atoms. The number of aryl methyl sites for hydroxylation is 1. The number of hydrogen-bond acceptors (Lipinski definition) is 4. The van der Waals surface area contributed by atoms with Crippen LogP contribution in [0.4, 0.5) is 0 Å². The van der Waals surface area contributed by atoms with E-state index in [9.17, 15) is 13.2 Å². The van der Waals surface area contributed by atoms with Crippen molar-refractivity contribution in [3.05, 3.63) is 64.1 Å². The Hall–Kier alpha value is -2.16. The van der Waals surface area contributed by atoms with E-state index in [0.717, 1.165) is 15.6 Å². The standard InChI is InChI=1S/C21H23BrN2O4S/c1-16-3-7-19(8-4-16)29(26,27)24-13-11-23(12-14-24)21(25)10-5-17-15-18(22)6-9-20(17)28-2/h3-10,15H,11-14H2,1-2H3/b10-5+. The lowest BCUT2D eigenvalue weighted by molar-refractivity contribution is -0.127. The van der Waals surface area contributed by atoms with Crippen LogP contribution in [0.1, 0.15) is 11.1 Å². The second-order valence-electron chi connectivity index (χ2n) is 6.76. The quantitative estimate of drug-likeness (QED) is 0.618. The number of methoxy groups -OCH3 is 1. The normalized spacial score (nSPS) is 15.6. The average Bonchev–Trinajstić information content (AvgIpc) is 2.72. The Bertz CT molecular complexity index is 1010. The summed E-state index contributed by atoms with van der Waals surface area (Å²) >= 11 is 3.41.